The number of rotatable bonds is 47. The van der Waals surface area contributed by atoms with Crippen molar-refractivity contribution in [2.75, 3.05) is 26.4 Å². The zero-order chi connectivity index (χ0) is 49.2. The van der Waals surface area contributed by atoms with Gasteiger partial charge in [0.15, 0.2) is 6.29 Å². The molecule has 0 aromatic heterocycles. The van der Waals surface area contributed by atoms with Crippen molar-refractivity contribution in [1.82, 2.24) is 0 Å². The number of hydrogen-bond donors (Lipinski definition) is 4. The predicted molar refractivity (Wildman–Crippen MR) is 283 cm³/mol. The number of esters is 1. The van der Waals surface area contributed by atoms with Crippen molar-refractivity contribution >= 4 is 5.97 Å². The second-order valence-electron chi connectivity index (χ2n) is 18.7. The largest absolute Gasteiger partial charge is 0.457 e. The highest BCUT2D eigenvalue weighted by Crippen LogP contribution is 2.23. The molecule has 6 unspecified atom stereocenters. The van der Waals surface area contributed by atoms with Crippen molar-refractivity contribution < 1.29 is 44.2 Å². The summed E-state index contributed by atoms with van der Waals surface area (Å²) in [6.07, 6.45) is 60.6. The van der Waals surface area contributed by atoms with Gasteiger partial charge in [-0.15, -0.1) is 0 Å². The van der Waals surface area contributed by atoms with Crippen molar-refractivity contribution in [3.63, 3.8) is 0 Å². The van der Waals surface area contributed by atoms with Crippen LogP contribution in [0.1, 0.15) is 219 Å². The zero-order valence-electron chi connectivity index (χ0n) is 43.3. The minimum Gasteiger partial charge on any atom is -0.457 e. The quantitative estimate of drug-likeness (QED) is 0.0267. The average molecular weight is 955 g/mol. The molecule has 0 aromatic rings. The van der Waals surface area contributed by atoms with Gasteiger partial charge in [0.25, 0.3) is 0 Å². The van der Waals surface area contributed by atoms with E-state index in [0.29, 0.717) is 13.0 Å². The Balaban J connectivity index is 2.22. The molecule has 1 saturated heterocycles. The molecule has 0 spiro atoms. The summed E-state index contributed by atoms with van der Waals surface area (Å²) >= 11 is 0. The predicted octanol–water partition coefficient (Wildman–Crippen LogP) is 14.1. The molecule has 1 fully saturated rings. The topological polar surface area (TPSA) is 135 Å². The van der Waals surface area contributed by atoms with Gasteiger partial charge in [-0.05, 0) is 70.6 Å². The number of allylic oxidation sites excluding steroid dienone is 14. The minimum atomic E-state index is -1.55. The number of aliphatic hydroxyl groups excluding tert-OH is 4. The van der Waals surface area contributed by atoms with E-state index >= 15 is 0 Å². The Morgan fingerprint density at radius 2 is 0.897 bits per heavy atom. The summed E-state index contributed by atoms with van der Waals surface area (Å²) in [7, 11) is 0. The molecule has 4 N–H and O–H groups in total. The second-order valence-corrected chi connectivity index (χ2v) is 18.7. The van der Waals surface area contributed by atoms with Gasteiger partial charge in [-0.25, -0.2) is 0 Å². The maximum atomic E-state index is 12.9. The highest BCUT2D eigenvalue weighted by atomic mass is 16.7. The molecule has 0 bridgehead atoms. The number of aliphatic hydroxyl groups is 4. The van der Waals surface area contributed by atoms with Crippen molar-refractivity contribution in [1.29, 1.82) is 0 Å². The molecule has 0 saturated carbocycles. The molecule has 9 nitrogen and oxygen atoms in total. The van der Waals surface area contributed by atoms with Crippen LogP contribution in [0.3, 0.4) is 0 Å². The van der Waals surface area contributed by atoms with Gasteiger partial charge < -0.3 is 39.4 Å². The molecule has 68 heavy (non-hydrogen) atoms. The Labute approximate surface area is 416 Å². The smallest absolute Gasteiger partial charge is 0.306 e. The maximum Gasteiger partial charge on any atom is 0.306 e. The third kappa shape index (κ3) is 39.1. The van der Waals surface area contributed by atoms with Crippen LogP contribution in [0.15, 0.2) is 85.1 Å². The summed E-state index contributed by atoms with van der Waals surface area (Å²) in [5.74, 6) is -0.328. The van der Waals surface area contributed by atoms with Gasteiger partial charge in [0.05, 0.1) is 19.8 Å². The summed E-state index contributed by atoms with van der Waals surface area (Å²) < 4.78 is 22.9. The van der Waals surface area contributed by atoms with E-state index in [0.717, 1.165) is 83.5 Å². The van der Waals surface area contributed by atoms with E-state index in [-0.39, 0.29) is 19.2 Å². The second kappa shape index (κ2) is 49.4. The lowest BCUT2D eigenvalue weighted by Crippen LogP contribution is -2.59. The summed E-state index contributed by atoms with van der Waals surface area (Å²) in [6.45, 7) is 4.36. The Hall–Kier alpha value is -2.63. The summed E-state index contributed by atoms with van der Waals surface area (Å²) in [5.41, 5.74) is 0. The number of unbranched alkanes of at least 4 members (excludes halogenated alkanes) is 22. The lowest BCUT2D eigenvalue weighted by molar-refractivity contribution is -0.305. The number of carbonyl (C=O) groups is 1. The highest BCUT2D eigenvalue weighted by Gasteiger charge is 2.44. The highest BCUT2D eigenvalue weighted by molar-refractivity contribution is 5.69. The molecule has 392 valence electrons. The van der Waals surface area contributed by atoms with E-state index < -0.39 is 43.4 Å². The zero-order valence-corrected chi connectivity index (χ0v) is 43.3. The fourth-order valence-corrected chi connectivity index (χ4v) is 8.06. The monoisotopic (exact) mass is 955 g/mol. The fraction of sp³-hybridized carbons (Fsp3) is 0.746. The SMILES string of the molecule is CC/C=C\C/C=C\C/C=C\C/C=C\C/C=C\C/C=C\C/C=C\CCCCOCC(COC1OC(CO)C(O)C(O)C1O)OC(=O)CCCCCCCCCCCCCCCCCCCCCCC. The Morgan fingerprint density at radius 3 is 1.32 bits per heavy atom. The van der Waals surface area contributed by atoms with Crippen LogP contribution in [-0.4, -0.2) is 89.6 Å². The molecule has 1 rings (SSSR count). The molecule has 0 radical (unpaired) electrons. The third-order valence-electron chi connectivity index (χ3n) is 12.3. The van der Waals surface area contributed by atoms with E-state index in [4.69, 9.17) is 18.9 Å². The molecule has 1 aliphatic rings. The minimum absolute atomic E-state index is 0.112. The summed E-state index contributed by atoms with van der Waals surface area (Å²) in [6, 6.07) is 0. The Kier molecular flexibility index (Phi) is 46.0. The van der Waals surface area contributed by atoms with Crippen LogP contribution < -0.4 is 0 Å². The Bertz CT molecular complexity index is 1320. The molecule has 0 aromatic carbocycles. The van der Waals surface area contributed by atoms with Crippen molar-refractivity contribution in [2.24, 2.45) is 0 Å². The van der Waals surface area contributed by atoms with Gasteiger partial charge in [-0.2, -0.15) is 0 Å². The number of hydrogen-bond acceptors (Lipinski definition) is 9. The first kappa shape index (κ1) is 63.4. The van der Waals surface area contributed by atoms with E-state index in [1.54, 1.807) is 0 Å². The van der Waals surface area contributed by atoms with Crippen molar-refractivity contribution in [3.8, 4) is 0 Å². The first-order valence-corrected chi connectivity index (χ1v) is 27.7. The molecule has 9 heteroatoms. The first-order valence-electron chi connectivity index (χ1n) is 27.7. The van der Waals surface area contributed by atoms with Gasteiger partial charge in [0.1, 0.15) is 30.5 Å². The lowest BCUT2D eigenvalue weighted by atomic mass is 9.99. The number of carbonyl (C=O) groups excluding carboxylic acids is 1. The summed E-state index contributed by atoms with van der Waals surface area (Å²) in [4.78, 5) is 12.9. The molecule has 0 amide bonds. The molecular formula is C59H102O9. The van der Waals surface area contributed by atoms with Crippen LogP contribution in [0.5, 0.6) is 0 Å². The molecule has 6 atom stereocenters. The number of ether oxygens (including phenoxy) is 4. The Morgan fingerprint density at radius 1 is 0.485 bits per heavy atom. The normalized spacial score (nSPS) is 19.8. The average Bonchev–Trinajstić information content (AvgIpc) is 3.34. The third-order valence-corrected chi connectivity index (χ3v) is 12.3. The van der Waals surface area contributed by atoms with Crippen molar-refractivity contribution in [3.05, 3.63) is 85.1 Å². The molecule has 1 aliphatic heterocycles. The molecule has 1 heterocycles. The molecule has 0 aliphatic carbocycles. The van der Waals surface area contributed by atoms with E-state index in [9.17, 15) is 25.2 Å². The van der Waals surface area contributed by atoms with Crippen LogP contribution in [-0.2, 0) is 23.7 Å². The van der Waals surface area contributed by atoms with Crippen LogP contribution in [0, 0.1) is 0 Å². The van der Waals surface area contributed by atoms with Gasteiger partial charge in [0.2, 0.25) is 0 Å². The fourth-order valence-electron chi connectivity index (χ4n) is 8.06. The van der Waals surface area contributed by atoms with Gasteiger partial charge >= 0.3 is 5.97 Å². The van der Waals surface area contributed by atoms with Crippen LogP contribution in [0.4, 0.5) is 0 Å². The van der Waals surface area contributed by atoms with Gasteiger partial charge in [0, 0.05) is 13.0 Å². The van der Waals surface area contributed by atoms with Crippen LogP contribution >= 0.6 is 0 Å². The van der Waals surface area contributed by atoms with Gasteiger partial charge in [-0.3, -0.25) is 4.79 Å². The van der Waals surface area contributed by atoms with Gasteiger partial charge in [-0.1, -0.05) is 227 Å². The summed E-state index contributed by atoms with van der Waals surface area (Å²) in [5, 5.41) is 40.3. The first-order chi connectivity index (χ1) is 33.4. The van der Waals surface area contributed by atoms with E-state index in [1.165, 1.54) is 116 Å². The van der Waals surface area contributed by atoms with Crippen molar-refractivity contribution in [2.45, 2.75) is 256 Å². The lowest BCUT2D eigenvalue weighted by Gasteiger charge is -2.39. The maximum absolute atomic E-state index is 12.9. The van der Waals surface area contributed by atoms with E-state index in [1.807, 2.05) is 0 Å². The standard InChI is InChI=1S/C59H102O9/c1-3-5-7-9-11-13-15-17-19-21-23-25-26-27-29-31-33-35-37-39-41-43-45-47-49-65-51-53(52-66-59-58(64)57(63)56(62)54(50-60)68-59)67-55(61)48-46-44-42-40-38-36-34-32-30-28-24-22-20-18-16-14-12-10-8-6-4-2/h5,7,11,13,17,19,23,25,27,29,33,35,39,41,53-54,56-60,62-64H,3-4,6,8-10,12,14-16,18,20-22,24,26,28,30-32,34,36-38,40,42-52H2,1-2H3/b7-5-,13-11-,19-17-,25-23-,29-27-,35-33-,41-39-. The molecular weight excluding hydrogens is 853 g/mol. The van der Waals surface area contributed by atoms with E-state index in [2.05, 4.69) is 98.9 Å². The van der Waals surface area contributed by atoms with Crippen LogP contribution in [0.25, 0.3) is 0 Å². The van der Waals surface area contributed by atoms with Crippen LogP contribution in [0.2, 0.25) is 0 Å².